The molecule has 0 aliphatic carbocycles. The summed E-state index contributed by atoms with van der Waals surface area (Å²) in [5.41, 5.74) is 7.04. The van der Waals surface area contributed by atoms with Gasteiger partial charge in [0.1, 0.15) is 5.82 Å². The highest BCUT2D eigenvalue weighted by atomic mass is 19.1. The maximum atomic E-state index is 13.3. The topological polar surface area (TPSA) is 55.3 Å². The van der Waals surface area contributed by atoms with Crippen molar-refractivity contribution in [1.82, 2.24) is 0 Å². The van der Waals surface area contributed by atoms with E-state index in [1.807, 2.05) is 13.8 Å². The van der Waals surface area contributed by atoms with E-state index in [0.717, 1.165) is 5.56 Å². The quantitative estimate of drug-likeness (QED) is 0.432. The molecule has 0 saturated carbocycles. The molecule has 0 saturated heterocycles. The van der Waals surface area contributed by atoms with Crippen LogP contribution < -0.4 is 16.6 Å². The minimum Gasteiger partial charge on any atom is -0.395 e. The molecule has 0 amide bonds. The lowest BCUT2D eigenvalue weighted by Crippen LogP contribution is -2.38. The molecule has 1 aromatic carbocycles. The second-order valence-corrected chi connectivity index (χ2v) is 3.68. The molecule has 0 spiro atoms. The minimum absolute atomic E-state index is 0.0819. The van der Waals surface area contributed by atoms with Gasteiger partial charge in [0.2, 0.25) is 0 Å². The van der Waals surface area contributed by atoms with Gasteiger partial charge in [0, 0.05) is 6.04 Å². The van der Waals surface area contributed by atoms with Crippen LogP contribution in [0.3, 0.4) is 0 Å². The molecule has 1 rings (SSSR count). The molecule has 0 aromatic heterocycles. The number of nitrogen functional groups attached to an aromatic ring is 1. The van der Waals surface area contributed by atoms with Crippen LogP contribution in [0.15, 0.2) is 12.1 Å². The number of nitrogens with zero attached hydrogens (tertiary/aromatic N) is 1. The predicted octanol–water partition coefficient (Wildman–Crippen LogP) is 1.80. The molecule has 0 heterocycles. The molecule has 78 valence electrons. The van der Waals surface area contributed by atoms with Crippen molar-refractivity contribution in [3.05, 3.63) is 23.5 Å². The summed E-state index contributed by atoms with van der Waals surface area (Å²) in [5, 5.41) is 1.46. The molecule has 0 aliphatic rings. The van der Waals surface area contributed by atoms with Gasteiger partial charge < -0.3 is 10.7 Å². The van der Waals surface area contributed by atoms with E-state index in [0.29, 0.717) is 5.69 Å². The summed E-state index contributed by atoms with van der Waals surface area (Å²) in [6.45, 7) is 5.64. The van der Waals surface area contributed by atoms with Gasteiger partial charge in [-0.25, -0.2) is 10.2 Å². The second-order valence-electron chi connectivity index (χ2n) is 3.68. The lowest BCUT2D eigenvalue weighted by molar-refractivity contribution is 0.628. The zero-order valence-corrected chi connectivity index (χ0v) is 8.71. The number of halogens is 1. The third kappa shape index (κ3) is 1.96. The lowest BCUT2D eigenvalue weighted by atomic mass is 10.1. The Morgan fingerprint density at radius 2 is 1.93 bits per heavy atom. The monoisotopic (exact) mass is 197 g/mol. The number of aryl methyl sites for hydroxylation is 1. The number of anilines is 2. The van der Waals surface area contributed by atoms with E-state index in [2.05, 4.69) is 0 Å². The largest absolute Gasteiger partial charge is 0.395 e. The maximum Gasteiger partial charge on any atom is 0.148 e. The van der Waals surface area contributed by atoms with Crippen molar-refractivity contribution in [2.45, 2.75) is 26.8 Å². The highest BCUT2D eigenvalue weighted by molar-refractivity contribution is 5.68. The van der Waals surface area contributed by atoms with Crippen LogP contribution in [0.4, 0.5) is 15.8 Å². The summed E-state index contributed by atoms with van der Waals surface area (Å²) in [7, 11) is 0. The SMILES string of the molecule is Cc1cc(F)c(N)c(N(N)C(C)C)c1. The summed E-state index contributed by atoms with van der Waals surface area (Å²) >= 11 is 0. The Balaban J connectivity index is 3.20. The number of nitrogens with two attached hydrogens (primary N) is 2. The van der Waals surface area contributed by atoms with Gasteiger partial charge in [-0.1, -0.05) is 0 Å². The van der Waals surface area contributed by atoms with Gasteiger partial charge >= 0.3 is 0 Å². The Hall–Kier alpha value is -1.29. The summed E-state index contributed by atoms with van der Waals surface area (Å²) in [6, 6.07) is 3.25. The number of hydrogen-bond acceptors (Lipinski definition) is 3. The van der Waals surface area contributed by atoms with Crippen molar-refractivity contribution in [3.8, 4) is 0 Å². The first kappa shape index (κ1) is 10.8. The van der Waals surface area contributed by atoms with Crippen LogP contribution in [0.2, 0.25) is 0 Å². The van der Waals surface area contributed by atoms with Gasteiger partial charge in [-0.3, -0.25) is 0 Å². The summed E-state index contributed by atoms with van der Waals surface area (Å²) in [5.74, 6) is 5.34. The summed E-state index contributed by atoms with van der Waals surface area (Å²) < 4.78 is 13.3. The van der Waals surface area contributed by atoms with Crippen molar-refractivity contribution < 1.29 is 4.39 Å². The Morgan fingerprint density at radius 1 is 1.36 bits per heavy atom. The molecule has 0 aliphatic heterocycles. The van der Waals surface area contributed by atoms with E-state index < -0.39 is 5.82 Å². The average Bonchev–Trinajstić information content (AvgIpc) is 2.09. The second kappa shape index (κ2) is 3.84. The van der Waals surface area contributed by atoms with Crippen molar-refractivity contribution in [1.29, 1.82) is 0 Å². The van der Waals surface area contributed by atoms with Crippen LogP contribution in [0, 0.1) is 12.7 Å². The van der Waals surface area contributed by atoms with Crippen LogP contribution in [0.1, 0.15) is 19.4 Å². The molecule has 14 heavy (non-hydrogen) atoms. The zero-order chi connectivity index (χ0) is 10.9. The Labute approximate surface area is 83.5 Å². The van der Waals surface area contributed by atoms with Crippen LogP contribution in [0.5, 0.6) is 0 Å². The third-order valence-electron chi connectivity index (χ3n) is 2.09. The standard InChI is InChI=1S/C10H16FN3/c1-6(2)14(13)9-5-7(3)4-8(11)10(9)12/h4-6H,12-13H2,1-3H3. The summed E-state index contributed by atoms with van der Waals surface area (Å²) in [6.07, 6.45) is 0. The molecule has 0 unspecified atom stereocenters. The molecule has 0 radical (unpaired) electrons. The maximum absolute atomic E-state index is 13.3. The van der Waals surface area contributed by atoms with Crippen molar-refractivity contribution in [2.75, 3.05) is 10.7 Å². The first-order valence-corrected chi connectivity index (χ1v) is 4.53. The Bertz CT molecular complexity index is 336. The van der Waals surface area contributed by atoms with Gasteiger partial charge in [0.25, 0.3) is 0 Å². The normalized spacial score (nSPS) is 10.7. The van der Waals surface area contributed by atoms with Crippen LogP contribution in [-0.4, -0.2) is 6.04 Å². The number of hydrazine groups is 1. The van der Waals surface area contributed by atoms with E-state index in [9.17, 15) is 4.39 Å². The van der Waals surface area contributed by atoms with Gasteiger partial charge in [-0.15, -0.1) is 0 Å². The molecule has 0 fully saturated rings. The van der Waals surface area contributed by atoms with E-state index in [1.54, 1.807) is 13.0 Å². The molecule has 4 heteroatoms. The fourth-order valence-electron chi connectivity index (χ4n) is 1.23. The van der Waals surface area contributed by atoms with Crippen molar-refractivity contribution in [3.63, 3.8) is 0 Å². The first-order chi connectivity index (χ1) is 6.43. The highest BCUT2D eigenvalue weighted by Gasteiger charge is 2.13. The van der Waals surface area contributed by atoms with Gasteiger partial charge in [0.05, 0.1) is 11.4 Å². The van der Waals surface area contributed by atoms with Crippen LogP contribution >= 0.6 is 0 Å². The van der Waals surface area contributed by atoms with Gasteiger partial charge in [-0.2, -0.15) is 0 Å². The van der Waals surface area contributed by atoms with Crippen LogP contribution in [-0.2, 0) is 0 Å². The summed E-state index contributed by atoms with van der Waals surface area (Å²) in [4.78, 5) is 0. The molecular formula is C10H16FN3. The van der Waals surface area contributed by atoms with Gasteiger partial charge in [0.15, 0.2) is 0 Å². The number of rotatable bonds is 2. The third-order valence-corrected chi connectivity index (χ3v) is 2.09. The van der Waals surface area contributed by atoms with E-state index in [-0.39, 0.29) is 11.7 Å². The smallest absolute Gasteiger partial charge is 0.148 e. The van der Waals surface area contributed by atoms with Gasteiger partial charge in [-0.05, 0) is 38.5 Å². The Kier molecular flexibility index (Phi) is 2.96. The molecular weight excluding hydrogens is 181 g/mol. The van der Waals surface area contributed by atoms with E-state index in [4.69, 9.17) is 11.6 Å². The predicted molar refractivity (Wildman–Crippen MR) is 57.4 cm³/mol. The van der Waals surface area contributed by atoms with Crippen molar-refractivity contribution in [2.24, 2.45) is 5.84 Å². The molecule has 0 atom stereocenters. The van der Waals surface area contributed by atoms with Crippen molar-refractivity contribution >= 4 is 11.4 Å². The molecule has 1 aromatic rings. The number of hydrogen-bond donors (Lipinski definition) is 2. The Morgan fingerprint density at radius 3 is 2.43 bits per heavy atom. The molecule has 0 bridgehead atoms. The first-order valence-electron chi connectivity index (χ1n) is 4.53. The minimum atomic E-state index is -0.420. The fourth-order valence-corrected chi connectivity index (χ4v) is 1.23. The highest BCUT2D eigenvalue weighted by Crippen LogP contribution is 2.26. The fraction of sp³-hybridized carbons (Fsp3) is 0.400. The van der Waals surface area contributed by atoms with E-state index >= 15 is 0 Å². The van der Waals surface area contributed by atoms with Crippen LogP contribution in [0.25, 0.3) is 0 Å². The van der Waals surface area contributed by atoms with E-state index in [1.165, 1.54) is 11.1 Å². The molecule has 3 nitrogen and oxygen atoms in total. The average molecular weight is 197 g/mol. The lowest BCUT2D eigenvalue weighted by Gasteiger charge is -2.25. The number of benzene rings is 1. The molecule has 4 N–H and O–H groups in total. The zero-order valence-electron chi connectivity index (χ0n) is 8.71.